The van der Waals surface area contributed by atoms with Crippen LogP contribution in [0, 0.1) is 11.3 Å². The highest BCUT2D eigenvalue weighted by Gasteiger charge is 2.09. The van der Waals surface area contributed by atoms with Gasteiger partial charge in [0.2, 0.25) is 11.9 Å². The maximum absolute atomic E-state index is 12.4. The average molecular weight is 372 g/mol. The molecule has 1 heterocycles. The third kappa shape index (κ3) is 4.68. The molecular weight excluding hydrogens is 356 g/mol. The maximum atomic E-state index is 12.4. The average Bonchev–Trinajstić information content (AvgIpc) is 2.68. The molecule has 0 saturated carbocycles. The van der Waals surface area contributed by atoms with Crippen molar-refractivity contribution in [2.45, 2.75) is 6.92 Å². The minimum absolute atomic E-state index is 0.196. The van der Waals surface area contributed by atoms with Gasteiger partial charge in [-0.2, -0.15) is 5.26 Å². The van der Waals surface area contributed by atoms with Gasteiger partial charge >= 0.3 is 0 Å². The van der Waals surface area contributed by atoms with Crippen molar-refractivity contribution in [3.8, 4) is 6.07 Å². The van der Waals surface area contributed by atoms with E-state index in [1.165, 1.54) is 19.3 Å². The number of carbonyl (C=O) groups excluding carboxylic acids is 2. The predicted octanol–water partition coefficient (Wildman–Crippen LogP) is 3.30. The highest BCUT2D eigenvalue weighted by atomic mass is 16.2. The molecule has 0 radical (unpaired) electrons. The van der Waals surface area contributed by atoms with E-state index in [1.54, 1.807) is 48.5 Å². The molecule has 2 aromatic carbocycles. The summed E-state index contributed by atoms with van der Waals surface area (Å²) in [6, 6.07) is 15.9. The Morgan fingerprint density at radius 3 is 2.32 bits per heavy atom. The monoisotopic (exact) mass is 372 g/mol. The molecule has 0 spiro atoms. The van der Waals surface area contributed by atoms with Crippen LogP contribution >= 0.6 is 0 Å². The molecule has 0 bridgehead atoms. The summed E-state index contributed by atoms with van der Waals surface area (Å²) in [7, 11) is 0. The van der Waals surface area contributed by atoms with E-state index in [0.717, 1.165) is 0 Å². The zero-order valence-corrected chi connectivity index (χ0v) is 14.9. The Kier molecular flexibility index (Phi) is 5.58. The molecule has 0 atom stereocenters. The predicted molar refractivity (Wildman–Crippen MR) is 105 cm³/mol. The molecule has 3 rings (SSSR count). The van der Waals surface area contributed by atoms with Crippen LogP contribution in [0.5, 0.6) is 0 Å². The standard InChI is InChI=1S/C20H16N6O2/c1-13(27)24-16-6-4-7-17(9-16)25-19(28)15-11-22-20(23-12-15)26-18-8-3-2-5-14(18)10-21/h2-9,11-12H,1H3,(H,24,27)(H,25,28)(H,22,23,26). The molecule has 0 saturated heterocycles. The van der Waals surface area contributed by atoms with Crippen molar-refractivity contribution in [1.29, 1.82) is 5.26 Å². The minimum atomic E-state index is -0.385. The van der Waals surface area contributed by atoms with Crippen LogP contribution in [0.25, 0.3) is 0 Å². The van der Waals surface area contributed by atoms with E-state index in [4.69, 9.17) is 5.26 Å². The second-order valence-electron chi connectivity index (χ2n) is 5.79. The van der Waals surface area contributed by atoms with Crippen LogP contribution in [0.15, 0.2) is 60.9 Å². The Balaban J connectivity index is 1.69. The molecule has 8 heteroatoms. The number of rotatable bonds is 5. The van der Waals surface area contributed by atoms with Gasteiger partial charge in [-0.1, -0.05) is 18.2 Å². The normalized spacial score (nSPS) is 9.86. The summed E-state index contributed by atoms with van der Waals surface area (Å²) >= 11 is 0. The maximum Gasteiger partial charge on any atom is 0.258 e. The van der Waals surface area contributed by atoms with Gasteiger partial charge in [-0.15, -0.1) is 0 Å². The van der Waals surface area contributed by atoms with E-state index >= 15 is 0 Å². The fourth-order valence-corrected chi connectivity index (χ4v) is 2.40. The summed E-state index contributed by atoms with van der Waals surface area (Å²) < 4.78 is 0. The molecule has 0 unspecified atom stereocenters. The number of hydrogen-bond donors (Lipinski definition) is 3. The lowest BCUT2D eigenvalue weighted by Crippen LogP contribution is -2.13. The Hall–Kier alpha value is -4.25. The largest absolute Gasteiger partial charge is 0.326 e. The first kappa shape index (κ1) is 18.5. The summed E-state index contributed by atoms with van der Waals surface area (Å²) in [5.41, 5.74) is 2.42. The number of carbonyl (C=O) groups is 2. The summed E-state index contributed by atoms with van der Waals surface area (Å²) in [4.78, 5) is 31.7. The van der Waals surface area contributed by atoms with Crippen LogP contribution in [-0.4, -0.2) is 21.8 Å². The molecule has 0 aliphatic carbocycles. The van der Waals surface area contributed by atoms with E-state index in [0.29, 0.717) is 22.6 Å². The van der Waals surface area contributed by atoms with Crippen molar-refractivity contribution in [2.75, 3.05) is 16.0 Å². The van der Waals surface area contributed by atoms with Crippen molar-refractivity contribution in [1.82, 2.24) is 9.97 Å². The van der Waals surface area contributed by atoms with Gasteiger partial charge in [0, 0.05) is 30.7 Å². The third-order valence-electron chi connectivity index (χ3n) is 3.65. The molecular formula is C20H16N6O2. The number of nitrogens with zero attached hydrogens (tertiary/aromatic N) is 3. The molecule has 0 aliphatic rings. The number of nitrogens with one attached hydrogen (secondary N) is 3. The third-order valence-corrected chi connectivity index (χ3v) is 3.65. The van der Waals surface area contributed by atoms with Gasteiger partial charge in [0.1, 0.15) is 6.07 Å². The Morgan fingerprint density at radius 2 is 1.64 bits per heavy atom. The summed E-state index contributed by atoms with van der Waals surface area (Å²) in [6.07, 6.45) is 2.77. The molecule has 1 aromatic heterocycles. The summed E-state index contributed by atoms with van der Waals surface area (Å²) in [5.74, 6) is -0.311. The van der Waals surface area contributed by atoms with Crippen LogP contribution in [-0.2, 0) is 4.79 Å². The fourth-order valence-electron chi connectivity index (χ4n) is 2.40. The van der Waals surface area contributed by atoms with Crippen LogP contribution in [0.3, 0.4) is 0 Å². The van der Waals surface area contributed by atoms with Gasteiger partial charge in [0.05, 0.1) is 16.8 Å². The van der Waals surface area contributed by atoms with Gasteiger partial charge in [0.25, 0.3) is 5.91 Å². The molecule has 3 aromatic rings. The fraction of sp³-hybridized carbons (Fsp3) is 0.0500. The van der Waals surface area contributed by atoms with Crippen molar-refractivity contribution in [2.24, 2.45) is 0 Å². The molecule has 8 nitrogen and oxygen atoms in total. The zero-order chi connectivity index (χ0) is 19.9. The van der Waals surface area contributed by atoms with E-state index in [9.17, 15) is 9.59 Å². The quantitative estimate of drug-likeness (QED) is 0.632. The van der Waals surface area contributed by atoms with E-state index < -0.39 is 0 Å². The number of benzene rings is 2. The van der Waals surface area contributed by atoms with Gasteiger partial charge in [-0.25, -0.2) is 9.97 Å². The molecule has 3 N–H and O–H groups in total. The number of aromatic nitrogens is 2. The van der Waals surface area contributed by atoms with E-state index in [-0.39, 0.29) is 23.3 Å². The Morgan fingerprint density at radius 1 is 0.964 bits per heavy atom. The van der Waals surface area contributed by atoms with E-state index in [1.807, 2.05) is 0 Å². The number of anilines is 4. The van der Waals surface area contributed by atoms with Crippen molar-refractivity contribution < 1.29 is 9.59 Å². The summed E-state index contributed by atoms with van der Waals surface area (Å²) in [5, 5.41) is 17.4. The van der Waals surface area contributed by atoms with Crippen LogP contribution in [0.1, 0.15) is 22.8 Å². The second-order valence-corrected chi connectivity index (χ2v) is 5.79. The van der Waals surface area contributed by atoms with E-state index in [2.05, 4.69) is 32.0 Å². The first-order valence-electron chi connectivity index (χ1n) is 8.32. The Bertz CT molecular complexity index is 1060. The molecule has 28 heavy (non-hydrogen) atoms. The molecule has 0 aliphatic heterocycles. The molecule has 2 amide bonds. The number of para-hydroxylation sites is 1. The smallest absolute Gasteiger partial charge is 0.258 e. The SMILES string of the molecule is CC(=O)Nc1cccc(NC(=O)c2cnc(Nc3ccccc3C#N)nc2)c1. The first-order valence-corrected chi connectivity index (χ1v) is 8.32. The zero-order valence-electron chi connectivity index (χ0n) is 14.9. The Labute approximate surface area is 161 Å². The van der Waals surface area contributed by atoms with Gasteiger partial charge < -0.3 is 16.0 Å². The van der Waals surface area contributed by atoms with Crippen LogP contribution < -0.4 is 16.0 Å². The topological polar surface area (TPSA) is 120 Å². The first-order chi connectivity index (χ1) is 13.5. The molecule has 138 valence electrons. The summed E-state index contributed by atoms with van der Waals surface area (Å²) in [6.45, 7) is 1.41. The van der Waals surface area contributed by atoms with Gasteiger partial charge in [-0.3, -0.25) is 9.59 Å². The van der Waals surface area contributed by atoms with Crippen molar-refractivity contribution in [3.05, 3.63) is 72.1 Å². The lowest BCUT2D eigenvalue weighted by atomic mass is 10.2. The van der Waals surface area contributed by atoms with Crippen molar-refractivity contribution >= 4 is 34.8 Å². The second kappa shape index (κ2) is 8.42. The highest BCUT2D eigenvalue weighted by Crippen LogP contribution is 2.18. The number of amides is 2. The van der Waals surface area contributed by atoms with Gasteiger partial charge in [0.15, 0.2) is 0 Å². The lowest BCUT2D eigenvalue weighted by Gasteiger charge is -2.09. The lowest BCUT2D eigenvalue weighted by molar-refractivity contribution is -0.114. The molecule has 0 fully saturated rings. The van der Waals surface area contributed by atoms with Crippen LogP contribution in [0.2, 0.25) is 0 Å². The van der Waals surface area contributed by atoms with Gasteiger partial charge in [-0.05, 0) is 30.3 Å². The number of nitriles is 1. The minimum Gasteiger partial charge on any atom is -0.326 e. The highest BCUT2D eigenvalue weighted by molar-refractivity contribution is 6.04. The van der Waals surface area contributed by atoms with Crippen molar-refractivity contribution in [3.63, 3.8) is 0 Å². The number of hydrogen-bond acceptors (Lipinski definition) is 6. The van der Waals surface area contributed by atoms with Crippen LogP contribution in [0.4, 0.5) is 23.0 Å².